The lowest BCUT2D eigenvalue weighted by Gasteiger charge is -2.25. The molecule has 0 atom stereocenters. The largest absolute Gasteiger partial charge is 0.513 e. The average Bonchev–Trinajstić information content (AvgIpc) is 2.96. The highest BCUT2D eigenvalue weighted by Crippen LogP contribution is 2.35. The van der Waals surface area contributed by atoms with E-state index in [1.807, 2.05) is 6.92 Å². The standard InChI is InChI=1S/C27H29N3O9S/c1-18-6-10-21(11-7-18)40(33,34)30(22-12-9-20(35-2)15-24(22)36-3)17-26(31)29-28-16-19-8-13-23(25(14-19)37-4)39-27(32)38-5/h6-16H,17H2,1-5H3,(H,29,31)/b28-16-. The van der Waals surface area contributed by atoms with E-state index in [2.05, 4.69) is 15.3 Å². The normalized spacial score (nSPS) is 11.0. The molecule has 1 N–H and O–H groups in total. The van der Waals surface area contributed by atoms with Gasteiger partial charge in [-0.25, -0.2) is 18.6 Å². The van der Waals surface area contributed by atoms with E-state index in [1.54, 1.807) is 24.3 Å². The van der Waals surface area contributed by atoms with Gasteiger partial charge in [0.25, 0.3) is 15.9 Å². The molecule has 212 valence electrons. The van der Waals surface area contributed by atoms with Gasteiger partial charge in [0, 0.05) is 6.07 Å². The lowest BCUT2D eigenvalue weighted by atomic mass is 10.2. The summed E-state index contributed by atoms with van der Waals surface area (Å²) >= 11 is 0. The van der Waals surface area contributed by atoms with Crippen LogP contribution >= 0.6 is 0 Å². The molecule has 0 unspecified atom stereocenters. The lowest BCUT2D eigenvalue weighted by Crippen LogP contribution is -2.39. The highest BCUT2D eigenvalue weighted by molar-refractivity contribution is 7.92. The van der Waals surface area contributed by atoms with Crippen molar-refractivity contribution in [1.29, 1.82) is 0 Å². The molecule has 3 aromatic carbocycles. The van der Waals surface area contributed by atoms with E-state index in [0.29, 0.717) is 11.3 Å². The van der Waals surface area contributed by atoms with Gasteiger partial charge in [-0.2, -0.15) is 5.10 Å². The molecule has 1 amide bonds. The summed E-state index contributed by atoms with van der Waals surface area (Å²) in [7, 11) is 1.23. The van der Waals surface area contributed by atoms with Crippen LogP contribution in [0.2, 0.25) is 0 Å². The SMILES string of the molecule is COC(=O)Oc1ccc(/C=N\NC(=O)CN(c2ccc(OC)cc2OC)S(=O)(=O)c2ccc(C)cc2)cc1OC. The van der Waals surface area contributed by atoms with Gasteiger partial charge in [-0.3, -0.25) is 9.10 Å². The van der Waals surface area contributed by atoms with Crippen LogP contribution in [0.25, 0.3) is 0 Å². The molecule has 0 fully saturated rings. The molecule has 0 saturated heterocycles. The first kappa shape index (κ1) is 29.8. The molecule has 0 aliphatic rings. The van der Waals surface area contributed by atoms with Crippen LogP contribution in [0.1, 0.15) is 11.1 Å². The number of methoxy groups -OCH3 is 4. The predicted molar refractivity (Wildman–Crippen MR) is 147 cm³/mol. The van der Waals surface area contributed by atoms with Gasteiger partial charge in [0.05, 0.1) is 45.2 Å². The first-order chi connectivity index (χ1) is 19.1. The Balaban J connectivity index is 1.86. The second kappa shape index (κ2) is 13.3. The third-order valence-corrected chi connectivity index (χ3v) is 7.28. The number of hydrazone groups is 1. The molecule has 0 aliphatic heterocycles. The maximum atomic E-state index is 13.7. The van der Waals surface area contributed by atoms with E-state index in [0.717, 1.165) is 9.87 Å². The van der Waals surface area contributed by atoms with Gasteiger partial charge >= 0.3 is 6.16 Å². The molecule has 0 spiro atoms. The molecule has 0 bridgehead atoms. The second-order valence-corrected chi connectivity index (χ2v) is 9.98. The van der Waals surface area contributed by atoms with E-state index < -0.39 is 28.6 Å². The minimum atomic E-state index is -4.19. The zero-order valence-electron chi connectivity index (χ0n) is 22.5. The number of benzene rings is 3. The zero-order chi connectivity index (χ0) is 29.3. The smallest absolute Gasteiger partial charge is 0.497 e. The molecule has 3 aromatic rings. The van der Waals surface area contributed by atoms with E-state index in [1.165, 1.54) is 71.1 Å². The van der Waals surface area contributed by atoms with Crippen molar-refractivity contribution >= 4 is 34.0 Å². The summed E-state index contributed by atoms with van der Waals surface area (Å²) in [6.07, 6.45) is 0.403. The van der Waals surface area contributed by atoms with Gasteiger partial charge in [0.15, 0.2) is 11.5 Å². The zero-order valence-corrected chi connectivity index (χ0v) is 23.4. The highest BCUT2D eigenvalue weighted by Gasteiger charge is 2.29. The fraction of sp³-hybridized carbons (Fsp3) is 0.222. The van der Waals surface area contributed by atoms with Crippen molar-refractivity contribution in [2.24, 2.45) is 5.10 Å². The van der Waals surface area contributed by atoms with Crippen LogP contribution in [0.15, 0.2) is 70.7 Å². The van der Waals surface area contributed by atoms with Gasteiger partial charge in [-0.15, -0.1) is 0 Å². The number of carbonyl (C=O) groups excluding carboxylic acids is 2. The number of carbonyl (C=O) groups is 2. The molecule has 0 radical (unpaired) electrons. The summed E-state index contributed by atoms with van der Waals surface area (Å²) in [6, 6.07) is 15.4. The number of rotatable bonds is 11. The van der Waals surface area contributed by atoms with Crippen molar-refractivity contribution in [3.8, 4) is 23.0 Å². The van der Waals surface area contributed by atoms with E-state index in [4.69, 9.17) is 18.9 Å². The minimum absolute atomic E-state index is 0.00590. The molecular formula is C27H29N3O9S. The van der Waals surface area contributed by atoms with Crippen molar-refractivity contribution in [1.82, 2.24) is 5.43 Å². The first-order valence-electron chi connectivity index (χ1n) is 11.7. The monoisotopic (exact) mass is 571 g/mol. The molecule has 0 saturated carbocycles. The number of hydrogen-bond donors (Lipinski definition) is 1. The Kier molecular flexibility index (Phi) is 9.92. The van der Waals surface area contributed by atoms with Gasteiger partial charge in [-0.05, 0) is 55.0 Å². The van der Waals surface area contributed by atoms with E-state index >= 15 is 0 Å². The summed E-state index contributed by atoms with van der Waals surface area (Å²) in [5.41, 5.74) is 3.84. The number of aryl methyl sites for hydroxylation is 1. The Labute approximate surface area is 232 Å². The first-order valence-corrected chi connectivity index (χ1v) is 13.1. The van der Waals surface area contributed by atoms with Crippen LogP contribution in [0.3, 0.4) is 0 Å². The molecule has 13 heteroatoms. The fourth-order valence-electron chi connectivity index (χ4n) is 3.45. The van der Waals surface area contributed by atoms with Crippen LogP contribution < -0.4 is 28.7 Å². The summed E-state index contributed by atoms with van der Waals surface area (Å²) in [4.78, 5) is 24.3. The Bertz CT molecular complexity index is 1490. The van der Waals surface area contributed by atoms with Crippen molar-refractivity contribution in [3.05, 3.63) is 71.8 Å². The van der Waals surface area contributed by atoms with Gasteiger partial charge < -0.3 is 23.7 Å². The summed E-state index contributed by atoms with van der Waals surface area (Å²) in [5.74, 6) is 0.263. The second-order valence-electron chi connectivity index (χ2n) is 8.12. The van der Waals surface area contributed by atoms with Crippen molar-refractivity contribution in [3.63, 3.8) is 0 Å². The van der Waals surface area contributed by atoms with E-state index in [9.17, 15) is 18.0 Å². The Hall–Kier alpha value is -4.78. The van der Waals surface area contributed by atoms with Gasteiger partial charge in [-0.1, -0.05) is 17.7 Å². The van der Waals surface area contributed by atoms with Crippen LogP contribution in [0.5, 0.6) is 23.0 Å². The maximum absolute atomic E-state index is 13.7. The fourth-order valence-corrected chi connectivity index (χ4v) is 4.88. The van der Waals surface area contributed by atoms with Crippen LogP contribution in [0, 0.1) is 6.92 Å². The summed E-state index contributed by atoms with van der Waals surface area (Å²) in [5, 5.41) is 3.92. The number of nitrogens with one attached hydrogen (secondary N) is 1. The maximum Gasteiger partial charge on any atom is 0.513 e. The van der Waals surface area contributed by atoms with Gasteiger partial charge in [0.1, 0.15) is 18.0 Å². The number of amides is 1. The molecule has 12 nitrogen and oxygen atoms in total. The number of nitrogens with zero attached hydrogens (tertiary/aromatic N) is 2. The number of hydrogen-bond acceptors (Lipinski definition) is 10. The predicted octanol–water partition coefficient (Wildman–Crippen LogP) is 3.51. The summed E-state index contributed by atoms with van der Waals surface area (Å²) in [6.45, 7) is 1.23. The molecule has 40 heavy (non-hydrogen) atoms. The Morgan fingerprint density at radius 3 is 2.20 bits per heavy atom. The molecular weight excluding hydrogens is 542 g/mol. The quantitative estimate of drug-likeness (QED) is 0.158. The Morgan fingerprint density at radius 2 is 1.57 bits per heavy atom. The Morgan fingerprint density at radius 1 is 0.875 bits per heavy atom. The third kappa shape index (κ3) is 7.20. The van der Waals surface area contributed by atoms with Crippen LogP contribution in [0.4, 0.5) is 10.5 Å². The van der Waals surface area contributed by atoms with Crippen molar-refractivity contribution < 1.29 is 41.7 Å². The highest BCUT2D eigenvalue weighted by atomic mass is 32.2. The van der Waals surface area contributed by atoms with Gasteiger partial charge in [0.2, 0.25) is 0 Å². The van der Waals surface area contributed by atoms with E-state index in [-0.39, 0.29) is 27.8 Å². The topological polar surface area (TPSA) is 142 Å². The molecule has 0 aromatic heterocycles. The average molecular weight is 572 g/mol. The third-order valence-electron chi connectivity index (χ3n) is 5.50. The van der Waals surface area contributed by atoms with Crippen LogP contribution in [-0.4, -0.2) is 61.7 Å². The summed E-state index contributed by atoms with van der Waals surface area (Å²) < 4.78 is 53.5. The number of ether oxygens (including phenoxy) is 5. The van der Waals surface area contributed by atoms with Crippen molar-refractivity contribution in [2.75, 3.05) is 39.3 Å². The number of anilines is 1. The molecule has 3 rings (SSSR count). The van der Waals surface area contributed by atoms with Crippen LogP contribution in [-0.2, 0) is 19.6 Å². The minimum Gasteiger partial charge on any atom is -0.497 e. The van der Waals surface area contributed by atoms with Crippen molar-refractivity contribution in [2.45, 2.75) is 11.8 Å². The lowest BCUT2D eigenvalue weighted by molar-refractivity contribution is -0.119. The number of sulfonamides is 1. The molecule has 0 heterocycles. The molecule has 0 aliphatic carbocycles.